The van der Waals surface area contributed by atoms with E-state index in [1.165, 1.54) is 12.1 Å². The summed E-state index contributed by atoms with van der Waals surface area (Å²) in [5, 5.41) is 3.02. The zero-order valence-electron chi connectivity index (χ0n) is 16.8. The van der Waals surface area contributed by atoms with Gasteiger partial charge in [0.15, 0.2) is 0 Å². The molecule has 0 unspecified atom stereocenters. The molecule has 1 aliphatic rings. The van der Waals surface area contributed by atoms with E-state index in [1.807, 2.05) is 36.4 Å². The van der Waals surface area contributed by atoms with E-state index in [1.54, 1.807) is 29.5 Å². The molecule has 3 aromatic rings. The van der Waals surface area contributed by atoms with Gasteiger partial charge in [0.05, 0.1) is 11.4 Å². The minimum Gasteiger partial charge on any atom is -0.367 e. The van der Waals surface area contributed by atoms with Gasteiger partial charge in [0.2, 0.25) is 5.91 Å². The number of thiophene rings is 1. The van der Waals surface area contributed by atoms with Crippen molar-refractivity contribution in [2.45, 2.75) is 0 Å². The van der Waals surface area contributed by atoms with Gasteiger partial charge in [-0.05, 0) is 55.1 Å². The molecule has 0 bridgehead atoms. The predicted octanol–water partition coefficient (Wildman–Crippen LogP) is 4.96. The Hall–Kier alpha value is -2.96. The van der Waals surface area contributed by atoms with Crippen molar-refractivity contribution in [3.63, 3.8) is 0 Å². The average molecular weight is 422 g/mol. The standard InChI is InChI=1S/C24H24FN3OS/c1-27-14-16-28(17-15-27)22-5-3-2-4-21(22)26-24(29)13-11-20-10-12-23(30-20)18-6-8-19(25)9-7-18/h2-13H,14-17H2,1H3,(H,26,29)/b13-11+. The summed E-state index contributed by atoms with van der Waals surface area (Å²) in [5.74, 6) is -0.405. The first kappa shape index (κ1) is 20.3. The van der Waals surface area contributed by atoms with Gasteiger partial charge in [-0.1, -0.05) is 24.3 Å². The molecule has 0 aliphatic carbocycles. The van der Waals surface area contributed by atoms with Crippen molar-refractivity contribution in [1.82, 2.24) is 4.90 Å². The van der Waals surface area contributed by atoms with Gasteiger partial charge in [-0.25, -0.2) is 4.39 Å². The maximum absolute atomic E-state index is 13.1. The van der Waals surface area contributed by atoms with Crippen molar-refractivity contribution in [3.05, 3.63) is 77.4 Å². The van der Waals surface area contributed by atoms with Crippen LogP contribution in [0.4, 0.5) is 15.8 Å². The van der Waals surface area contributed by atoms with E-state index < -0.39 is 0 Å². The number of hydrogen-bond donors (Lipinski definition) is 1. The molecule has 0 atom stereocenters. The molecule has 1 aliphatic heterocycles. The molecule has 1 N–H and O–H groups in total. The summed E-state index contributed by atoms with van der Waals surface area (Å²) >= 11 is 1.56. The minimum absolute atomic E-state index is 0.159. The summed E-state index contributed by atoms with van der Waals surface area (Å²) in [6.07, 6.45) is 3.37. The van der Waals surface area contributed by atoms with E-state index in [2.05, 4.69) is 28.2 Å². The van der Waals surface area contributed by atoms with Crippen LogP contribution in [0.1, 0.15) is 4.88 Å². The number of rotatable bonds is 5. The molecule has 6 heteroatoms. The first-order valence-electron chi connectivity index (χ1n) is 9.96. The highest BCUT2D eigenvalue weighted by Gasteiger charge is 2.17. The predicted molar refractivity (Wildman–Crippen MR) is 124 cm³/mol. The molecule has 2 aromatic carbocycles. The van der Waals surface area contributed by atoms with Crippen LogP contribution in [0.2, 0.25) is 0 Å². The number of nitrogens with one attached hydrogen (secondary N) is 1. The molecule has 154 valence electrons. The number of piperazine rings is 1. The lowest BCUT2D eigenvalue weighted by atomic mass is 10.2. The molecular formula is C24H24FN3OS. The van der Waals surface area contributed by atoms with E-state index in [9.17, 15) is 9.18 Å². The fourth-order valence-corrected chi connectivity index (χ4v) is 4.36. The molecule has 4 rings (SSSR count). The highest BCUT2D eigenvalue weighted by atomic mass is 32.1. The van der Waals surface area contributed by atoms with Crippen LogP contribution in [-0.2, 0) is 4.79 Å². The second-order valence-corrected chi connectivity index (χ2v) is 8.45. The van der Waals surface area contributed by atoms with Gasteiger partial charge in [-0.3, -0.25) is 4.79 Å². The van der Waals surface area contributed by atoms with Crippen LogP contribution in [0.5, 0.6) is 0 Å². The van der Waals surface area contributed by atoms with Gasteiger partial charge in [0.1, 0.15) is 5.82 Å². The van der Waals surface area contributed by atoms with Crippen LogP contribution in [0.25, 0.3) is 16.5 Å². The Labute approximate surface area is 180 Å². The highest BCUT2D eigenvalue weighted by Crippen LogP contribution is 2.29. The number of nitrogens with zero attached hydrogens (tertiary/aromatic N) is 2. The topological polar surface area (TPSA) is 35.6 Å². The second-order valence-electron chi connectivity index (χ2n) is 7.34. The number of halogens is 1. The van der Waals surface area contributed by atoms with Crippen LogP contribution in [-0.4, -0.2) is 44.0 Å². The van der Waals surface area contributed by atoms with E-state index in [-0.39, 0.29) is 11.7 Å². The Balaban J connectivity index is 1.42. The minimum atomic E-state index is -0.246. The second kappa shape index (κ2) is 9.24. The fourth-order valence-electron chi connectivity index (χ4n) is 3.45. The Morgan fingerprint density at radius 3 is 2.50 bits per heavy atom. The Morgan fingerprint density at radius 1 is 1.00 bits per heavy atom. The van der Waals surface area contributed by atoms with Crippen LogP contribution in [0, 0.1) is 5.82 Å². The van der Waals surface area contributed by atoms with E-state index in [4.69, 9.17) is 0 Å². The summed E-state index contributed by atoms with van der Waals surface area (Å²) in [5.41, 5.74) is 2.85. The molecular weight excluding hydrogens is 397 g/mol. The van der Waals surface area contributed by atoms with E-state index >= 15 is 0 Å². The van der Waals surface area contributed by atoms with Gasteiger partial charge in [0.25, 0.3) is 0 Å². The molecule has 2 heterocycles. The molecule has 0 spiro atoms. The van der Waals surface area contributed by atoms with Crippen molar-refractivity contribution in [2.24, 2.45) is 0 Å². The fraction of sp³-hybridized carbons (Fsp3) is 0.208. The average Bonchev–Trinajstić information content (AvgIpc) is 3.23. The summed E-state index contributed by atoms with van der Waals surface area (Å²) in [4.78, 5) is 19.2. The lowest BCUT2D eigenvalue weighted by Gasteiger charge is -2.35. The first-order valence-corrected chi connectivity index (χ1v) is 10.8. The Kier molecular flexibility index (Phi) is 6.26. The number of anilines is 2. The van der Waals surface area contributed by atoms with Crippen molar-refractivity contribution in [2.75, 3.05) is 43.4 Å². The number of hydrogen-bond acceptors (Lipinski definition) is 4. The van der Waals surface area contributed by atoms with Gasteiger partial charge in [-0.15, -0.1) is 11.3 Å². The van der Waals surface area contributed by atoms with Crippen molar-refractivity contribution < 1.29 is 9.18 Å². The third kappa shape index (κ3) is 4.96. The number of carbonyl (C=O) groups is 1. The smallest absolute Gasteiger partial charge is 0.248 e. The lowest BCUT2D eigenvalue weighted by molar-refractivity contribution is -0.111. The van der Waals surface area contributed by atoms with Crippen LogP contribution >= 0.6 is 11.3 Å². The quantitative estimate of drug-likeness (QED) is 0.592. The number of benzene rings is 2. The maximum atomic E-state index is 13.1. The third-order valence-electron chi connectivity index (χ3n) is 5.16. The summed E-state index contributed by atoms with van der Waals surface area (Å²) in [6, 6.07) is 18.3. The molecule has 1 saturated heterocycles. The number of amides is 1. The van der Waals surface area contributed by atoms with Crippen LogP contribution in [0.15, 0.2) is 66.7 Å². The summed E-state index contributed by atoms with van der Waals surface area (Å²) < 4.78 is 13.1. The molecule has 1 fully saturated rings. The number of carbonyl (C=O) groups excluding carboxylic acids is 1. The SMILES string of the molecule is CN1CCN(c2ccccc2NC(=O)/C=C/c2ccc(-c3ccc(F)cc3)s2)CC1. The Bertz CT molecular complexity index is 1040. The molecule has 0 saturated carbocycles. The summed E-state index contributed by atoms with van der Waals surface area (Å²) in [7, 11) is 2.13. The normalized spacial score (nSPS) is 14.9. The summed E-state index contributed by atoms with van der Waals surface area (Å²) in [6.45, 7) is 3.91. The molecule has 1 aromatic heterocycles. The lowest BCUT2D eigenvalue weighted by Crippen LogP contribution is -2.44. The number of likely N-dealkylation sites (N-methyl/N-ethyl adjacent to an activating group) is 1. The maximum Gasteiger partial charge on any atom is 0.248 e. The van der Waals surface area contributed by atoms with Crippen molar-refractivity contribution in [1.29, 1.82) is 0 Å². The Morgan fingerprint density at radius 2 is 1.73 bits per heavy atom. The third-order valence-corrected chi connectivity index (χ3v) is 6.26. The first-order chi connectivity index (χ1) is 14.6. The van der Waals surface area contributed by atoms with E-state index in [0.717, 1.165) is 52.9 Å². The number of para-hydroxylation sites is 2. The van der Waals surface area contributed by atoms with Gasteiger partial charge in [0, 0.05) is 42.0 Å². The molecule has 0 radical (unpaired) electrons. The van der Waals surface area contributed by atoms with Crippen LogP contribution < -0.4 is 10.2 Å². The molecule has 1 amide bonds. The zero-order chi connectivity index (χ0) is 20.9. The zero-order valence-corrected chi connectivity index (χ0v) is 17.7. The van der Waals surface area contributed by atoms with Crippen molar-refractivity contribution in [3.8, 4) is 10.4 Å². The van der Waals surface area contributed by atoms with Crippen molar-refractivity contribution >= 4 is 34.7 Å². The van der Waals surface area contributed by atoms with Crippen LogP contribution in [0.3, 0.4) is 0 Å². The van der Waals surface area contributed by atoms with E-state index in [0.29, 0.717) is 0 Å². The highest BCUT2D eigenvalue weighted by molar-refractivity contribution is 7.16. The van der Waals surface area contributed by atoms with Gasteiger partial charge in [-0.2, -0.15) is 0 Å². The largest absolute Gasteiger partial charge is 0.367 e. The monoisotopic (exact) mass is 421 g/mol. The van der Waals surface area contributed by atoms with Gasteiger partial charge < -0.3 is 15.1 Å². The molecule has 30 heavy (non-hydrogen) atoms. The van der Waals surface area contributed by atoms with Gasteiger partial charge >= 0.3 is 0 Å². The molecule has 4 nitrogen and oxygen atoms in total.